The van der Waals surface area contributed by atoms with Crippen LogP contribution in [-0.2, 0) is 15.8 Å². The van der Waals surface area contributed by atoms with Crippen LogP contribution < -0.4 is 16.0 Å². The maximum Gasteiger partial charge on any atom is 0.418 e. The highest BCUT2D eigenvalue weighted by Crippen LogP contribution is 2.36. The Morgan fingerprint density at radius 1 is 0.860 bits per heavy atom. The van der Waals surface area contributed by atoms with Crippen molar-refractivity contribution in [1.29, 1.82) is 0 Å². The van der Waals surface area contributed by atoms with E-state index in [0.717, 1.165) is 35.0 Å². The summed E-state index contributed by atoms with van der Waals surface area (Å²) in [5.41, 5.74) is 1.20. The monoisotopic (exact) mass is 623 g/mol. The molecule has 0 aliphatic carbocycles. The lowest BCUT2D eigenvalue weighted by Crippen LogP contribution is -2.30. The summed E-state index contributed by atoms with van der Waals surface area (Å²) in [6, 6.07) is 25.6. The topological polar surface area (TPSA) is 87.3 Å². The van der Waals surface area contributed by atoms with Gasteiger partial charge < -0.3 is 16.0 Å². The van der Waals surface area contributed by atoms with Crippen molar-refractivity contribution in [1.82, 2.24) is 5.32 Å². The number of aryl methyl sites for hydroxylation is 1. The van der Waals surface area contributed by atoms with Crippen LogP contribution in [0.1, 0.15) is 27.0 Å². The molecule has 43 heavy (non-hydrogen) atoms. The van der Waals surface area contributed by atoms with Gasteiger partial charge in [-0.2, -0.15) is 13.2 Å². The third-order valence-corrected chi connectivity index (χ3v) is 7.21. The number of anilines is 2. The van der Waals surface area contributed by atoms with E-state index in [4.69, 9.17) is 11.6 Å². The number of alkyl halides is 3. The fourth-order valence-electron chi connectivity index (χ4n) is 3.80. The van der Waals surface area contributed by atoms with Gasteiger partial charge in [-0.15, -0.1) is 11.8 Å². The molecule has 0 aliphatic rings. The normalized spacial score (nSPS) is 11.5. The average Bonchev–Trinajstić information content (AvgIpc) is 2.98. The standard InChI is InChI=1S/C32H25ClF3N3O3S/c1-20-7-9-21(10-8-20)17-28(39-30(41)22-5-3-2-4-6-22)31(42)37-24-12-14-25(15-13-24)43-19-29(40)38-27-16-11-23(33)18-26(27)32(34,35)36/h2-18H,19H2,1H3,(H,37,42)(H,38,40)(H,39,41)/b28-17-. The number of halogens is 4. The Morgan fingerprint density at radius 3 is 2.19 bits per heavy atom. The van der Waals surface area contributed by atoms with Crippen LogP contribution in [0.5, 0.6) is 0 Å². The second-order valence-electron chi connectivity index (χ2n) is 9.29. The molecule has 4 rings (SSSR count). The Bertz CT molecular complexity index is 1640. The molecule has 0 radical (unpaired) electrons. The van der Waals surface area contributed by atoms with Crippen LogP contribution in [-0.4, -0.2) is 23.5 Å². The van der Waals surface area contributed by atoms with E-state index in [1.54, 1.807) is 60.7 Å². The van der Waals surface area contributed by atoms with Gasteiger partial charge in [0.05, 0.1) is 17.0 Å². The van der Waals surface area contributed by atoms with E-state index < -0.39 is 29.5 Å². The highest BCUT2D eigenvalue weighted by molar-refractivity contribution is 8.00. The van der Waals surface area contributed by atoms with Crippen LogP contribution in [0, 0.1) is 6.92 Å². The van der Waals surface area contributed by atoms with Crippen LogP contribution in [0.4, 0.5) is 24.5 Å². The second kappa shape index (κ2) is 14.1. The van der Waals surface area contributed by atoms with Gasteiger partial charge in [0.25, 0.3) is 11.8 Å². The van der Waals surface area contributed by atoms with Crippen LogP contribution in [0.15, 0.2) is 108 Å². The molecule has 3 N–H and O–H groups in total. The van der Waals surface area contributed by atoms with Crippen molar-refractivity contribution in [3.63, 3.8) is 0 Å². The Kier molecular flexibility index (Phi) is 10.3. The van der Waals surface area contributed by atoms with E-state index in [1.807, 2.05) is 31.2 Å². The summed E-state index contributed by atoms with van der Waals surface area (Å²) in [5, 5.41) is 7.62. The SMILES string of the molecule is Cc1ccc(/C=C(\NC(=O)c2ccccc2)C(=O)Nc2ccc(SCC(=O)Nc3ccc(Cl)cc3C(F)(F)F)cc2)cc1. The molecule has 0 atom stereocenters. The largest absolute Gasteiger partial charge is 0.418 e. The molecule has 4 aromatic carbocycles. The van der Waals surface area contributed by atoms with Crippen molar-refractivity contribution in [2.45, 2.75) is 18.0 Å². The molecule has 0 bridgehead atoms. The number of rotatable bonds is 9. The molecule has 0 unspecified atom stereocenters. The number of benzene rings is 4. The number of thioether (sulfide) groups is 1. The maximum atomic E-state index is 13.3. The number of hydrogen-bond acceptors (Lipinski definition) is 4. The molecule has 0 fully saturated rings. The fraction of sp³-hybridized carbons (Fsp3) is 0.0938. The van der Waals surface area contributed by atoms with Gasteiger partial charge in [0.1, 0.15) is 5.70 Å². The van der Waals surface area contributed by atoms with Crippen LogP contribution >= 0.6 is 23.4 Å². The summed E-state index contributed by atoms with van der Waals surface area (Å²) in [7, 11) is 0. The van der Waals surface area contributed by atoms with Gasteiger partial charge in [-0.1, -0.05) is 59.6 Å². The summed E-state index contributed by atoms with van der Waals surface area (Å²) in [5.74, 6) is -1.77. The number of nitrogens with one attached hydrogen (secondary N) is 3. The van der Waals surface area contributed by atoms with Crippen LogP contribution in [0.2, 0.25) is 5.02 Å². The fourth-order valence-corrected chi connectivity index (χ4v) is 4.67. The first-order valence-corrected chi connectivity index (χ1v) is 14.2. The van der Waals surface area contributed by atoms with Gasteiger partial charge in [-0.05, 0) is 73.2 Å². The lowest BCUT2D eigenvalue weighted by Gasteiger charge is -2.14. The van der Waals surface area contributed by atoms with E-state index in [-0.39, 0.29) is 22.2 Å². The van der Waals surface area contributed by atoms with Gasteiger partial charge >= 0.3 is 6.18 Å². The van der Waals surface area contributed by atoms with E-state index in [2.05, 4.69) is 16.0 Å². The Balaban J connectivity index is 1.40. The molecule has 0 aliphatic heterocycles. The molecule has 4 aromatic rings. The number of hydrogen-bond donors (Lipinski definition) is 3. The van der Waals surface area contributed by atoms with Crippen molar-refractivity contribution < 1.29 is 27.6 Å². The molecular formula is C32H25ClF3N3O3S. The number of carbonyl (C=O) groups is 3. The summed E-state index contributed by atoms with van der Waals surface area (Å²) in [4.78, 5) is 39.0. The molecule has 3 amide bonds. The Hall–Kier alpha value is -4.54. The summed E-state index contributed by atoms with van der Waals surface area (Å²) in [6.45, 7) is 1.94. The minimum absolute atomic E-state index is 0.0354. The minimum atomic E-state index is -4.68. The quantitative estimate of drug-likeness (QED) is 0.131. The number of carbonyl (C=O) groups excluding carboxylic acids is 3. The molecule has 11 heteroatoms. The molecule has 0 spiro atoms. The van der Waals surface area contributed by atoms with E-state index in [9.17, 15) is 27.6 Å². The Labute approximate surface area is 255 Å². The smallest absolute Gasteiger partial charge is 0.325 e. The van der Waals surface area contributed by atoms with Gasteiger partial charge in [-0.25, -0.2) is 0 Å². The summed E-state index contributed by atoms with van der Waals surface area (Å²) >= 11 is 6.79. The molecule has 6 nitrogen and oxygen atoms in total. The predicted molar refractivity (Wildman–Crippen MR) is 164 cm³/mol. The van der Waals surface area contributed by atoms with Crippen molar-refractivity contribution in [3.05, 3.63) is 130 Å². The molecule has 220 valence electrons. The third kappa shape index (κ3) is 9.22. The second-order valence-corrected chi connectivity index (χ2v) is 10.8. The van der Waals surface area contributed by atoms with Gasteiger partial charge in [0.2, 0.25) is 5.91 Å². The van der Waals surface area contributed by atoms with Crippen LogP contribution in [0.3, 0.4) is 0 Å². The van der Waals surface area contributed by atoms with Gasteiger partial charge in [0, 0.05) is 21.2 Å². The van der Waals surface area contributed by atoms with E-state index in [0.29, 0.717) is 16.1 Å². The zero-order chi connectivity index (χ0) is 31.0. The highest BCUT2D eigenvalue weighted by Gasteiger charge is 2.34. The Morgan fingerprint density at radius 2 is 1.53 bits per heavy atom. The summed E-state index contributed by atoms with van der Waals surface area (Å²) < 4.78 is 39.9. The van der Waals surface area contributed by atoms with Gasteiger partial charge in [-0.3, -0.25) is 14.4 Å². The van der Waals surface area contributed by atoms with E-state index in [1.165, 1.54) is 6.07 Å². The number of amides is 3. The zero-order valence-corrected chi connectivity index (χ0v) is 24.2. The van der Waals surface area contributed by atoms with Crippen LogP contribution in [0.25, 0.3) is 6.08 Å². The van der Waals surface area contributed by atoms with Crippen molar-refractivity contribution in [2.24, 2.45) is 0 Å². The molecule has 0 heterocycles. The molecule has 0 saturated heterocycles. The third-order valence-electron chi connectivity index (χ3n) is 5.96. The lowest BCUT2D eigenvalue weighted by molar-refractivity contribution is -0.137. The first-order valence-electron chi connectivity index (χ1n) is 12.8. The molecular weight excluding hydrogens is 599 g/mol. The summed E-state index contributed by atoms with van der Waals surface area (Å²) in [6.07, 6.45) is -3.11. The predicted octanol–water partition coefficient (Wildman–Crippen LogP) is 7.81. The lowest BCUT2D eigenvalue weighted by atomic mass is 10.1. The molecule has 0 saturated carbocycles. The first-order chi connectivity index (χ1) is 20.5. The average molecular weight is 624 g/mol. The van der Waals surface area contributed by atoms with Gasteiger partial charge in [0.15, 0.2) is 0 Å². The maximum absolute atomic E-state index is 13.3. The highest BCUT2D eigenvalue weighted by atomic mass is 35.5. The zero-order valence-electron chi connectivity index (χ0n) is 22.7. The van der Waals surface area contributed by atoms with E-state index >= 15 is 0 Å². The minimum Gasteiger partial charge on any atom is -0.325 e. The first kappa shape index (κ1) is 31.4. The van der Waals surface area contributed by atoms with Crippen molar-refractivity contribution >= 4 is 58.5 Å². The molecule has 0 aromatic heterocycles. The van der Waals surface area contributed by atoms with Crippen molar-refractivity contribution in [2.75, 3.05) is 16.4 Å². The van der Waals surface area contributed by atoms with Crippen molar-refractivity contribution in [3.8, 4) is 0 Å².